The summed E-state index contributed by atoms with van der Waals surface area (Å²) in [5, 5.41) is 37.0. The number of imidazole rings is 3. The number of aliphatic carboxylic acids is 2. The Bertz CT molecular complexity index is 4420. The number of carboxylic acid groups (broad SMARTS) is 2. The van der Waals surface area contributed by atoms with Crippen LogP contribution in [0.25, 0.3) is 33.1 Å². The van der Waals surface area contributed by atoms with E-state index < -0.39 is 53.9 Å². The Hall–Kier alpha value is -10.9. The SMILES string of the molecule is C.N[C@@H](Cc1ccccc1)C(=O)OCc1ccccc1.O=C(NC(Cc1ccccc1)C(=O)O)c1ccc2nc[nH]c2c1.O=C(NC(Cc1ccccc1)C(=O)OCc1ccccc1)c1ccc2nc[nH]c2c1.O=C(NC(Cc1ccccc1)C(=O)[O-])c1ccc2nc[nH]c2c1.O=CO[O-].[HH].[Na+].[Na+]. The zero-order chi connectivity index (χ0) is 70.1. The van der Waals surface area contributed by atoms with Crippen LogP contribution < -0.4 is 91.2 Å². The molecule has 0 fully saturated rings. The van der Waals surface area contributed by atoms with Crippen molar-refractivity contribution < 1.29 is 129 Å². The molecule has 3 heterocycles. The van der Waals surface area contributed by atoms with E-state index in [0.29, 0.717) is 35.0 Å². The van der Waals surface area contributed by atoms with Gasteiger partial charge in [0.2, 0.25) is 0 Å². The molecule has 3 amide bonds. The molecule has 12 rings (SSSR count). The van der Waals surface area contributed by atoms with Crippen molar-refractivity contribution >= 4 is 81.2 Å². The van der Waals surface area contributed by atoms with E-state index in [1.807, 2.05) is 170 Å². The summed E-state index contributed by atoms with van der Waals surface area (Å²) in [6.45, 7) is 0.239. The van der Waals surface area contributed by atoms with Gasteiger partial charge in [-0.1, -0.05) is 189 Å². The van der Waals surface area contributed by atoms with Crippen LogP contribution in [0, 0.1) is 0 Å². The van der Waals surface area contributed by atoms with Gasteiger partial charge in [-0.2, -0.15) is 0 Å². The van der Waals surface area contributed by atoms with Crippen molar-refractivity contribution in [2.24, 2.45) is 5.73 Å². The van der Waals surface area contributed by atoms with Crippen molar-refractivity contribution in [1.29, 1.82) is 0 Å². The molecule has 0 radical (unpaired) electrons. The number of carboxylic acids is 2. The standard InChI is InChI=1S/C24H21N3O3.2C17H15N3O3.C16H17NO2.CH2O3.CH4.2Na.H2/c28-23(19-11-12-20-21(14-19)26-16-25-20)27-22(13-17-7-3-1-4-8-17)24(29)30-15-18-9-5-2-6-10-18;2*21-16(12-6-7-13-14(9-12)19-10-18-13)20-15(17(22)23)8-11-4-2-1-3-5-11;17-15(11-13-7-3-1-4-8-13)16(18)19-12-14-9-5-2-6-10-14;2-1-4-3;;;;/h1-12,14,16,22H,13,15H2,(H,25,26)(H,27,28);2*1-7,9-10,15H,8H2,(H,18,19)(H,20,21)(H,22,23);1-10,15H,11-12,17H2;1,3H;1H4;;;1H/q;;;;;;2*+1;/p-2/t;;;15-;;;;;/m...0...../s1. The van der Waals surface area contributed by atoms with Gasteiger partial charge in [-0.05, 0) is 101 Å². The van der Waals surface area contributed by atoms with Crippen LogP contribution >= 0.6 is 0 Å². The van der Waals surface area contributed by atoms with E-state index in [9.17, 15) is 43.8 Å². The van der Waals surface area contributed by atoms with Gasteiger partial charge in [0.15, 0.2) is 0 Å². The van der Waals surface area contributed by atoms with E-state index in [2.05, 4.69) is 50.7 Å². The molecule has 26 heteroatoms. The summed E-state index contributed by atoms with van der Waals surface area (Å²) < 4.78 is 10.7. The summed E-state index contributed by atoms with van der Waals surface area (Å²) in [5.74, 6) is -4.46. The monoisotopic (exact) mass is 1400 g/mol. The number of ether oxygens (including phenoxy) is 2. The predicted molar refractivity (Wildman–Crippen MR) is 372 cm³/mol. The fraction of sp³-hybridized carbons (Fsp3) is 0.145. The van der Waals surface area contributed by atoms with Gasteiger partial charge < -0.3 is 71.3 Å². The van der Waals surface area contributed by atoms with Crippen molar-refractivity contribution in [3.05, 3.63) is 306 Å². The molecule has 9 aromatic carbocycles. The molecule has 4 atom stereocenters. The minimum absolute atomic E-state index is 0. The number of H-pyrrole nitrogens is 3. The Kier molecular flexibility index (Phi) is 34.9. The first kappa shape index (κ1) is 81.7. The molecule has 102 heavy (non-hydrogen) atoms. The molecule has 3 aromatic heterocycles. The molecule has 0 aliphatic carbocycles. The van der Waals surface area contributed by atoms with Crippen LogP contribution in [0.2, 0.25) is 0 Å². The minimum atomic E-state index is -1.31. The molecule has 0 spiro atoms. The van der Waals surface area contributed by atoms with Crippen LogP contribution in [0.15, 0.2) is 256 Å². The van der Waals surface area contributed by atoms with Crippen LogP contribution in [0.1, 0.15) is 73.3 Å². The summed E-state index contributed by atoms with van der Waals surface area (Å²) >= 11 is 0. The summed E-state index contributed by atoms with van der Waals surface area (Å²) in [4.78, 5) is 117. The van der Waals surface area contributed by atoms with Crippen LogP contribution in [0.3, 0.4) is 0 Å². The zero-order valence-electron chi connectivity index (χ0n) is 55.1. The Morgan fingerprint density at radius 2 is 0.725 bits per heavy atom. The summed E-state index contributed by atoms with van der Waals surface area (Å²) in [6.07, 6.45) is 5.88. The van der Waals surface area contributed by atoms with E-state index >= 15 is 0 Å². The third-order valence-electron chi connectivity index (χ3n) is 14.8. The van der Waals surface area contributed by atoms with Crippen LogP contribution in [0.5, 0.6) is 0 Å². The number of carbonyl (C=O) groups is 8. The zero-order valence-corrected chi connectivity index (χ0v) is 59.1. The van der Waals surface area contributed by atoms with Gasteiger partial charge in [0, 0.05) is 31.0 Å². The number of rotatable bonds is 23. The van der Waals surface area contributed by atoms with E-state index in [-0.39, 0.29) is 112 Å². The number of nitrogens with zero attached hydrogens (tertiary/aromatic N) is 3. The molecule has 9 N–H and O–H groups in total. The van der Waals surface area contributed by atoms with Gasteiger partial charge in [-0.3, -0.25) is 24.0 Å². The molecule has 514 valence electrons. The third kappa shape index (κ3) is 26.6. The first-order valence-corrected chi connectivity index (χ1v) is 30.8. The summed E-state index contributed by atoms with van der Waals surface area (Å²) in [7, 11) is 0. The van der Waals surface area contributed by atoms with Crippen LogP contribution in [-0.4, -0.2) is 107 Å². The average molecular weight is 1400 g/mol. The topological polar surface area (TPSA) is 379 Å². The summed E-state index contributed by atoms with van der Waals surface area (Å²) in [5.41, 5.74) is 17.0. The first-order chi connectivity index (χ1) is 48.1. The average Bonchev–Trinajstić information content (AvgIpc) is 1.75. The second kappa shape index (κ2) is 43.6. The van der Waals surface area contributed by atoms with Crippen molar-refractivity contribution in [2.75, 3.05) is 0 Å². The van der Waals surface area contributed by atoms with E-state index in [4.69, 9.17) is 25.3 Å². The molecule has 12 aromatic rings. The Labute approximate surface area is 632 Å². The third-order valence-corrected chi connectivity index (χ3v) is 14.8. The van der Waals surface area contributed by atoms with Gasteiger partial charge in [0.25, 0.3) is 24.2 Å². The maximum atomic E-state index is 12.8. The van der Waals surface area contributed by atoms with Gasteiger partial charge in [-0.15, -0.1) is 0 Å². The molecule has 24 nitrogen and oxygen atoms in total. The second-order valence-electron chi connectivity index (χ2n) is 21.9. The number of aromatic amines is 3. The molecule has 0 aliphatic heterocycles. The Morgan fingerprint density at radius 3 is 1.05 bits per heavy atom. The number of nitrogens with one attached hydrogen (secondary N) is 6. The van der Waals surface area contributed by atoms with Crippen molar-refractivity contribution in [1.82, 2.24) is 45.9 Å². The van der Waals surface area contributed by atoms with E-state index in [1.165, 1.54) is 6.33 Å². The number of fused-ring (bicyclic) bond motifs is 3. The number of aromatic nitrogens is 6. The number of esters is 2. The van der Waals surface area contributed by atoms with Gasteiger partial charge >= 0.3 is 77.0 Å². The molecule has 0 saturated carbocycles. The maximum Gasteiger partial charge on any atom is 1.00 e. The van der Waals surface area contributed by atoms with Crippen LogP contribution in [-0.2, 0) is 77.2 Å². The maximum absolute atomic E-state index is 12.8. The predicted octanol–water partition coefficient (Wildman–Crippen LogP) is 1.91. The Balaban J connectivity index is 0.000000285. The molecular formula is C76H74N10Na2O14. The van der Waals surface area contributed by atoms with Crippen molar-refractivity contribution in [3.63, 3.8) is 0 Å². The number of amides is 3. The normalized spacial score (nSPS) is 11.3. The number of hydrogen-bond donors (Lipinski definition) is 8. The second-order valence-corrected chi connectivity index (χ2v) is 21.9. The van der Waals surface area contributed by atoms with E-state index in [0.717, 1.165) is 61.0 Å². The fourth-order valence-electron chi connectivity index (χ4n) is 9.71. The molecule has 0 bridgehead atoms. The smallest absolute Gasteiger partial charge is 0.662 e. The molecule has 3 unspecified atom stereocenters. The van der Waals surface area contributed by atoms with Crippen molar-refractivity contribution in [3.8, 4) is 0 Å². The molecular weight excluding hydrogens is 1320 g/mol. The number of benzene rings is 9. The van der Waals surface area contributed by atoms with Crippen LogP contribution in [0.4, 0.5) is 0 Å². The van der Waals surface area contributed by atoms with E-state index in [1.54, 1.807) is 79.4 Å². The molecule has 0 saturated heterocycles. The minimum Gasteiger partial charge on any atom is -0.662 e. The van der Waals surface area contributed by atoms with Gasteiger partial charge in [-0.25, -0.2) is 24.5 Å². The quantitative estimate of drug-likeness (QED) is 0.0149. The Morgan fingerprint density at radius 1 is 0.441 bits per heavy atom. The number of nitrogens with two attached hydrogens (primary N) is 1. The first-order valence-electron chi connectivity index (χ1n) is 30.8. The number of carbonyl (C=O) groups excluding carboxylic acids is 7. The molecule has 0 aliphatic rings. The largest absolute Gasteiger partial charge is 1.00 e. The summed E-state index contributed by atoms with van der Waals surface area (Å²) in [6, 6.07) is 68.1. The van der Waals surface area contributed by atoms with Crippen molar-refractivity contribution in [2.45, 2.75) is 70.5 Å². The van der Waals surface area contributed by atoms with Gasteiger partial charge in [0.1, 0.15) is 31.3 Å². The number of hydrogen-bond acceptors (Lipinski definition) is 17. The fourth-order valence-corrected chi connectivity index (χ4v) is 9.71. The van der Waals surface area contributed by atoms with Gasteiger partial charge in [0.05, 0.1) is 64.1 Å².